The maximum atomic E-state index is 12.6. The van der Waals surface area contributed by atoms with Crippen molar-refractivity contribution in [1.29, 1.82) is 0 Å². The van der Waals surface area contributed by atoms with Gasteiger partial charge >= 0.3 is 6.03 Å². The van der Waals surface area contributed by atoms with Crippen LogP contribution in [-0.2, 0) is 0 Å². The van der Waals surface area contributed by atoms with Crippen LogP contribution < -0.4 is 16.2 Å². The molecule has 1 saturated carbocycles. The van der Waals surface area contributed by atoms with Gasteiger partial charge in [0.15, 0.2) is 0 Å². The molecule has 0 radical (unpaired) electrons. The minimum atomic E-state index is -0.0755. The molecule has 0 bridgehead atoms. The van der Waals surface area contributed by atoms with Crippen LogP contribution in [0.2, 0.25) is 0 Å². The quantitative estimate of drug-likeness (QED) is 0.787. The summed E-state index contributed by atoms with van der Waals surface area (Å²) in [5, 5.41) is 2.99. The van der Waals surface area contributed by atoms with Crippen molar-refractivity contribution in [3.8, 4) is 0 Å². The Balaban J connectivity index is 1.37. The van der Waals surface area contributed by atoms with Crippen molar-refractivity contribution in [3.05, 3.63) is 23.7 Å². The van der Waals surface area contributed by atoms with E-state index in [1.54, 1.807) is 16.2 Å². The maximum absolute atomic E-state index is 12.6. The van der Waals surface area contributed by atoms with Crippen LogP contribution in [0.4, 0.5) is 10.5 Å². The van der Waals surface area contributed by atoms with Gasteiger partial charge in [-0.05, 0) is 37.0 Å². The summed E-state index contributed by atoms with van der Waals surface area (Å²) in [6.07, 6.45) is 6.41. The van der Waals surface area contributed by atoms with Gasteiger partial charge in [-0.15, -0.1) is 11.3 Å². The predicted octanol–water partition coefficient (Wildman–Crippen LogP) is 3.19. The van der Waals surface area contributed by atoms with Gasteiger partial charge in [0.2, 0.25) is 0 Å². The van der Waals surface area contributed by atoms with E-state index in [1.165, 1.54) is 32.1 Å². The Labute approximate surface area is 152 Å². The second kappa shape index (κ2) is 7.27. The number of thiazole rings is 1. The van der Waals surface area contributed by atoms with E-state index < -0.39 is 0 Å². The molecular formula is C18H25N5OS. The highest BCUT2D eigenvalue weighted by Gasteiger charge is 2.37. The van der Waals surface area contributed by atoms with Gasteiger partial charge in [0.1, 0.15) is 0 Å². The van der Waals surface area contributed by atoms with Crippen molar-refractivity contribution in [2.75, 3.05) is 18.9 Å². The van der Waals surface area contributed by atoms with E-state index in [9.17, 15) is 4.79 Å². The molecule has 1 aliphatic heterocycles. The first kappa shape index (κ1) is 16.8. The normalized spacial score (nSPS) is 26.2. The van der Waals surface area contributed by atoms with E-state index >= 15 is 0 Å². The maximum Gasteiger partial charge on any atom is 0.321 e. The summed E-state index contributed by atoms with van der Waals surface area (Å²) in [6, 6.07) is 6.66. The van der Waals surface area contributed by atoms with Crippen LogP contribution in [0.25, 0.3) is 10.2 Å². The number of hydrogen-bond acceptors (Lipinski definition) is 5. The number of urea groups is 1. The van der Waals surface area contributed by atoms with Crippen LogP contribution in [0.15, 0.2) is 23.7 Å². The van der Waals surface area contributed by atoms with Crippen molar-refractivity contribution in [3.63, 3.8) is 0 Å². The van der Waals surface area contributed by atoms with Gasteiger partial charge < -0.3 is 10.2 Å². The highest BCUT2D eigenvalue weighted by atomic mass is 32.1. The van der Waals surface area contributed by atoms with Crippen LogP contribution in [0.5, 0.6) is 0 Å². The molecule has 3 atom stereocenters. The Morgan fingerprint density at radius 1 is 1.32 bits per heavy atom. The van der Waals surface area contributed by atoms with E-state index in [4.69, 9.17) is 0 Å². The number of fused-ring (bicyclic) bond motifs is 2. The molecule has 0 spiro atoms. The van der Waals surface area contributed by atoms with E-state index in [0.29, 0.717) is 24.5 Å². The first-order chi connectivity index (χ1) is 12.2. The lowest BCUT2D eigenvalue weighted by atomic mass is 9.90. The van der Waals surface area contributed by atoms with E-state index in [2.05, 4.69) is 21.2 Å². The number of aromatic nitrogens is 1. The molecule has 2 heterocycles. The molecule has 2 amide bonds. The monoisotopic (exact) mass is 359 g/mol. The summed E-state index contributed by atoms with van der Waals surface area (Å²) < 4.78 is 1.13. The minimum Gasteiger partial charge on any atom is -0.326 e. The predicted molar refractivity (Wildman–Crippen MR) is 102 cm³/mol. The SMILES string of the molecule is CN(CC1NNC2CCCCCC21)C(=O)Nc1ccc2scnc2c1. The largest absolute Gasteiger partial charge is 0.326 e. The summed E-state index contributed by atoms with van der Waals surface area (Å²) in [7, 11) is 1.86. The fourth-order valence-electron chi connectivity index (χ4n) is 4.03. The Morgan fingerprint density at radius 3 is 3.12 bits per heavy atom. The second-order valence-corrected chi connectivity index (χ2v) is 8.04. The molecule has 2 aliphatic rings. The van der Waals surface area contributed by atoms with Gasteiger partial charge in [0.25, 0.3) is 0 Å². The standard InChI is InChI=1S/C18H25N5OS/c1-23(10-16-13-5-3-2-4-6-14(13)21-22-16)18(24)20-12-7-8-17-15(9-12)19-11-25-17/h7-9,11,13-14,16,21-22H,2-6,10H2,1H3,(H,20,24). The highest BCUT2D eigenvalue weighted by molar-refractivity contribution is 7.16. The molecule has 2 fully saturated rings. The van der Waals surface area contributed by atoms with E-state index in [0.717, 1.165) is 15.9 Å². The molecule has 7 heteroatoms. The Hall–Kier alpha value is -1.70. The molecule has 134 valence electrons. The molecule has 3 unspecified atom stereocenters. The van der Waals surface area contributed by atoms with Gasteiger partial charge in [0.05, 0.1) is 15.7 Å². The summed E-state index contributed by atoms with van der Waals surface area (Å²) >= 11 is 1.61. The second-order valence-electron chi connectivity index (χ2n) is 7.15. The first-order valence-electron chi connectivity index (χ1n) is 9.07. The number of nitrogens with one attached hydrogen (secondary N) is 3. The van der Waals surface area contributed by atoms with Crippen molar-refractivity contribution < 1.29 is 4.79 Å². The lowest BCUT2D eigenvalue weighted by Gasteiger charge is -2.26. The molecule has 3 N–H and O–H groups in total. The van der Waals surface area contributed by atoms with Crippen molar-refractivity contribution >= 4 is 33.3 Å². The molecule has 1 aliphatic carbocycles. The van der Waals surface area contributed by atoms with Crippen LogP contribution in [-0.4, -0.2) is 41.6 Å². The van der Waals surface area contributed by atoms with Crippen LogP contribution in [0, 0.1) is 5.92 Å². The number of carbonyl (C=O) groups excluding carboxylic acids is 1. The molecule has 4 rings (SSSR count). The third-order valence-electron chi connectivity index (χ3n) is 5.44. The van der Waals surface area contributed by atoms with Crippen LogP contribution >= 0.6 is 11.3 Å². The zero-order valence-corrected chi connectivity index (χ0v) is 15.3. The topological polar surface area (TPSA) is 69.3 Å². The van der Waals surface area contributed by atoms with Crippen LogP contribution in [0.3, 0.4) is 0 Å². The van der Waals surface area contributed by atoms with Gasteiger partial charge in [-0.2, -0.15) is 0 Å². The van der Waals surface area contributed by atoms with Crippen molar-refractivity contribution in [2.24, 2.45) is 5.92 Å². The number of anilines is 1. The highest BCUT2D eigenvalue weighted by Crippen LogP contribution is 2.29. The van der Waals surface area contributed by atoms with Crippen LogP contribution in [0.1, 0.15) is 32.1 Å². The van der Waals surface area contributed by atoms with Gasteiger partial charge in [-0.25, -0.2) is 9.78 Å². The zero-order chi connectivity index (χ0) is 17.2. The Morgan fingerprint density at radius 2 is 2.20 bits per heavy atom. The number of nitrogens with zero attached hydrogens (tertiary/aromatic N) is 2. The van der Waals surface area contributed by atoms with Gasteiger partial charge in [-0.1, -0.05) is 19.3 Å². The molecule has 1 aromatic carbocycles. The number of hydrazine groups is 1. The van der Waals surface area contributed by atoms with E-state index in [-0.39, 0.29) is 6.03 Å². The van der Waals surface area contributed by atoms with Gasteiger partial charge in [0, 0.05) is 31.4 Å². The first-order valence-corrected chi connectivity index (χ1v) is 9.95. The fraction of sp³-hybridized carbons (Fsp3) is 0.556. The zero-order valence-electron chi connectivity index (χ0n) is 14.5. The van der Waals surface area contributed by atoms with Crippen molar-refractivity contribution in [2.45, 2.75) is 44.2 Å². The van der Waals surface area contributed by atoms with Gasteiger partial charge in [-0.3, -0.25) is 10.9 Å². The number of benzene rings is 1. The number of amides is 2. The third-order valence-corrected chi connectivity index (χ3v) is 6.25. The Bertz CT molecular complexity index is 748. The summed E-state index contributed by atoms with van der Waals surface area (Å²) in [4.78, 5) is 18.6. The number of hydrogen-bond donors (Lipinski definition) is 3. The average molecular weight is 359 g/mol. The molecule has 2 aromatic rings. The van der Waals surface area contributed by atoms with E-state index in [1.807, 2.05) is 30.8 Å². The smallest absolute Gasteiger partial charge is 0.321 e. The Kier molecular flexibility index (Phi) is 4.87. The molecular weight excluding hydrogens is 334 g/mol. The molecule has 25 heavy (non-hydrogen) atoms. The summed E-state index contributed by atoms with van der Waals surface area (Å²) in [5.74, 6) is 0.615. The molecule has 1 saturated heterocycles. The third kappa shape index (κ3) is 3.63. The number of carbonyl (C=O) groups is 1. The van der Waals surface area contributed by atoms with Crippen molar-refractivity contribution in [1.82, 2.24) is 20.7 Å². The fourth-order valence-corrected chi connectivity index (χ4v) is 4.69. The molecule has 1 aromatic heterocycles. The lowest BCUT2D eigenvalue weighted by Crippen LogP contribution is -2.44. The average Bonchev–Trinajstić information content (AvgIpc) is 3.15. The lowest BCUT2D eigenvalue weighted by molar-refractivity contribution is 0.212. The summed E-state index contributed by atoms with van der Waals surface area (Å²) in [5.41, 5.74) is 10.4. The number of rotatable bonds is 3. The minimum absolute atomic E-state index is 0.0755. The number of likely N-dealkylation sites (N-methyl/N-ethyl adjacent to an activating group) is 1. The molecule has 6 nitrogen and oxygen atoms in total. The summed E-state index contributed by atoms with van der Waals surface area (Å²) in [6.45, 7) is 0.707.